The van der Waals surface area contributed by atoms with Crippen molar-refractivity contribution in [2.75, 3.05) is 23.8 Å². The van der Waals surface area contributed by atoms with Gasteiger partial charge in [0.15, 0.2) is 0 Å². The van der Waals surface area contributed by atoms with Crippen molar-refractivity contribution in [1.29, 1.82) is 0 Å². The maximum atomic E-state index is 13.2. The minimum atomic E-state index is -0.419. The molecule has 0 saturated carbocycles. The highest BCUT2D eigenvalue weighted by Crippen LogP contribution is 2.27. The van der Waals surface area contributed by atoms with Crippen LogP contribution in [0.4, 0.5) is 21.8 Å². The summed E-state index contributed by atoms with van der Waals surface area (Å²) in [7, 11) is 0. The summed E-state index contributed by atoms with van der Waals surface area (Å²) in [6, 6.07) is 11.3. The Morgan fingerprint density at radius 1 is 1.08 bits per heavy atom. The number of aromatic nitrogens is 3. The van der Waals surface area contributed by atoms with Crippen LogP contribution in [0.3, 0.4) is 0 Å². The molecule has 0 fully saturated rings. The molecule has 2 aromatic heterocycles. The van der Waals surface area contributed by atoms with E-state index in [-0.39, 0.29) is 11.6 Å². The van der Waals surface area contributed by atoms with Gasteiger partial charge in [-0.3, -0.25) is 4.98 Å². The number of hydrogen-bond acceptors (Lipinski definition) is 6. The van der Waals surface area contributed by atoms with Crippen LogP contribution >= 0.6 is 11.6 Å². The molecule has 0 saturated heterocycles. The van der Waals surface area contributed by atoms with Crippen molar-refractivity contribution in [1.82, 2.24) is 15.0 Å². The summed E-state index contributed by atoms with van der Waals surface area (Å²) in [6.07, 6.45) is 1.67. The number of rotatable bonds is 6. The number of anilines is 3. The third-order valence-electron chi connectivity index (χ3n) is 3.24. The standard InChI is InChI=1S/C17H15ClFN5O/c18-12-9-11(19)4-5-13(12)22-16-10-15(14-3-1-2-6-20-14)23-17(24-16)21-7-8-25/h1-6,9-10,25H,7-8H2,(H2,21,22,23,24). The summed E-state index contributed by atoms with van der Waals surface area (Å²) in [5.41, 5.74) is 1.78. The minimum Gasteiger partial charge on any atom is -0.395 e. The number of halogens is 2. The average Bonchev–Trinajstić information content (AvgIpc) is 2.63. The fraction of sp³-hybridized carbons (Fsp3) is 0.118. The largest absolute Gasteiger partial charge is 0.395 e. The lowest BCUT2D eigenvalue weighted by Gasteiger charge is -2.11. The van der Waals surface area contributed by atoms with Gasteiger partial charge >= 0.3 is 0 Å². The maximum Gasteiger partial charge on any atom is 0.225 e. The van der Waals surface area contributed by atoms with E-state index in [1.165, 1.54) is 18.2 Å². The summed E-state index contributed by atoms with van der Waals surface area (Å²) in [4.78, 5) is 13.0. The zero-order chi connectivity index (χ0) is 17.6. The molecule has 25 heavy (non-hydrogen) atoms. The zero-order valence-electron chi connectivity index (χ0n) is 13.1. The fourth-order valence-electron chi connectivity index (χ4n) is 2.13. The van der Waals surface area contributed by atoms with E-state index in [1.807, 2.05) is 18.2 Å². The highest BCUT2D eigenvalue weighted by molar-refractivity contribution is 6.33. The number of nitrogens with one attached hydrogen (secondary N) is 2. The highest BCUT2D eigenvalue weighted by Gasteiger charge is 2.09. The van der Waals surface area contributed by atoms with E-state index in [4.69, 9.17) is 16.7 Å². The first-order valence-corrected chi connectivity index (χ1v) is 7.91. The zero-order valence-corrected chi connectivity index (χ0v) is 13.8. The third-order valence-corrected chi connectivity index (χ3v) is 3.55. The summed E-state index contributed by atoms with van der Waals surface area (Å²) in [6.45, 7) is 0.256. The summed E-state index contributed by atoms with van der Waals surface area (Å²) < 4.78 is 13.2. The predicted molar refractivity (Wildman–Crippen MR) is 95.5 cm³/mol. The van der Waals surface area contributed by atoms with Crippen LogP contribution in [0.2, 0.25) is 5.02 Å². The van der Waals surface area contributed by atoms with E-state index >= 15 is 0 Å². The van der Waals surface area contributed by atoms with Crippen LogP contribution in [-0.2, 0) is 0 Å². The molecule has 1 aromatic carbocycles. The molecule has 0 bridgehead atoms. The highest BCUT2D eigenvalue weighted by atomic mass is 35.5. The second kappa shape index (κ2) is 7.87. The molecule has 128 valence electrons. The second-order valence-electron chi connectivity index (χ2n) is 5.08. The molecule has 0 unspecified atom stereocenters. The van der Waals surface area contributed by atoms with Gasteiger partial charge in [0.2, 0.25) is 5.95 Å². The van der Waals surface area contributed by atoms with Crippen LogP contribution in [0.1, 0.15) is 0 Å². The lowest BCUT2D eigenvalue weighted by molar-refractivity contribution is 0.311. The number of benzene rings is 1. The molecule has 3 rings (SSSR count). The Hall–Kier alpha value is -2.77. The van der Waals surface area contributed by atoms with Crippen molar-refractivity contribution >= 4 is 29.1 Å². The quantitative estimate of drug-likeness (QED) is 0.625. The van der Waals surface area contributed by atoms with E-state index < -0.39 is 5.82 Å². The van der Waals surface area contributed by atoms with E-state index in [0.29, 0.717) is 35.4 Å². The monoisotopic (exact) mass is 359 g/mol. The third kappa shape index (κ3) is 4.40. The molecule has 0 aliphatic heterocycles. The smallest absolute Gasteiger partial charge is 0.225 e. The maximum absolute atomic E-state index is 13.2. The van der Waals surface area contributed by atoms with Gasteiger partial charge in [0.05, 0.1) is 28.7 Å². The van der Waals surface area contributed by atoms with Crippen molar-refractivity contribution in [3.05, 3.63) is 59.5 Å². The molecular weight excluding hydrogens is 345 g/mol. The first-order valence-electron chi connectivity index (χ1n) is 7.53. The topological polar surface area (TPSA) is 83.0 Å². The van der Waals surface area contributed by atoms with Crippen molar-refractivity contribution < 1.29 is 9.50 Å². The van der Waals surface area contributed by atoms with Crippen LogP contribution < -0.4 is 10.6 Å². The lowest BCUT2D eigenvalue weighted by Crippen LogP contribution is -2.10. The number of aliphatic hydroxyl groups is 1. The Morgan fingerprint density at radius 2 is 1.96 bits per heavy atom. The lowest BCUT2D eigenvalue weighted by atomic mass is 10.2. The van der Waals surface area contributed by atoms with Gasteiger partial charge < -0.3 is 15.7 Å². The SMILES string of the molecule is OCCNc1nc(Nc2ccc(F)cc2Cl)cc(-c2ccccn2)n1. The summed E-state index contributed by atoms with van der Waals surface area (Å²) in [5.74, 6) is 0.375. The number of pyridine rings is 1. The molecule has 0 atom stereocenters. The van der Waals surface area contributed by atoms with Gasteiger partial charge in [-0.05, 0) is 30.3 Å². The van der Waals surface area contributed by atoms with Gasteiger partial charge in [-0.15, -0.1) is 0 Å². The molecule has 8 heteroatoms. The van der Waals surface area contributed by atoms with Gasteiger partial charge in [0.25, 0.3) is 0 Å². The average molecular weight is 360 g/mol. The Balaban J connectivity index is 1.96. The van der Waals surface area contributed by atoms with Gasteiger partial charge in [-0.2, -0.15) is 4.98 Å². The molecule has 6 nitrogen and oxygen atoms in total. The van der Waals surface area contributed by atoms with Crippen molar-refractivity contribution in [3.8, 4) is 11.4 Å². The molecule has 0 aliphatic rings. The Morgan fingerprint density at radius 3 is 2.68 bits per heavy atom. The van der Waals surface area contributed by atoms with E-state index in [1.54, 1.807) is 12.3 Å². The predicted octanol–water partition coefficient (Wildman–Crippen LogP) is 3.48. The van der Waals surface area contributed by atoms with Crippen LogP contribution in [0, 0.1) is 5.82 Å². The molecule has 3 N–H and O–H groups in total. The summed E-state index contributed by atoms with van der Waals surface area (Å²) >= 11 is 6.05. The van der Waals surface area contributed by atoms with Crippen molar-refractivity contribution in [2.45, 2.75) is 0 Å². The van der Waals surface area contributed by atoms with E-state index in [2.05, 4.69) is 25.6 Å². The number of nitrogens with zero attached hydrogens (tertiary/aromatic N) is 3. The van der Waals surface area contributed by atoms with Gasteiger partial charge in [-0.1, -0.05) is 17.7 Å². The Labute approximate surface area is 148 Å². The van der Waals surface area contributed by atoms with Crippen LogP contribution in [0.5, 0.6) is 0 Å². The normalized spacial score (nSPS) is 10.5. The summed E-state index contributed by atoms with van der Waals surface area (Å²) in [5, 5.41) is 15.2. The first kappa shape index (κ1) is 17.1. The van der Waals surface area contributed by atoms with Gasteiger partial charge in [0, 0.05) is 18.8 Å². The number of aliphatic hydroxyl groups excluding tert-OH is 1. The molecule has 3 aromatic rings. The Bertz CT molecular complexity index is 863. The van der Waals surface area contributed by atoms with Crippen LogP contribution in [0.25, 0.3) is 11.4 Å². The van der Waals surface area contributed by atoms with Crippen molar-refractivity contribution in [2.24, 2.45) is 0 Å². The Kier molecular flexibility index (Phi) is 5.37. The fourth-order valence-corrected chi connectivity index (χ4v) is 2.35. The molecule has 0 radical (unpaired) electrons. The number of hydrogen-bond donors (Lipinski definition) is 3. The molecule has 0 amide bonds. The minimum absolute atomic E-state index is 0.0519. The van der Waals surface area contributed by atoms with Gasteiger partial charge in [-0.25, -0.2) is 9.37 Å². The van der Waals surface area contributed by atoms with Crippen LogP contribution in [0.15, 0.2) is 48.7 Å². The van der Waals surface area contributed by atoms with Crippen LogP contribution in [-0.4, -0.2) is 33.2 Å². The molecule has 0 aliphatic carbocycles. The molecule has 0 spiro atoms. The van der Waals surface area contributed by atoms with Crippen molar-refractivity contribution in [3.63, 3.8) is 0 Å². The molecular formula is C17H15ClFN5O. The van der Waals surface area contributed by atoms with E-state index in [0.717, 1.165) is 0 Å². The van der Waals surface area contributed by atoms with Gasteiger partial charge in [0.1, 0.15) is 11.6 Å². The first-order chi connectivity index (χ1) is 12.2. The molecule has 2 heterocycles. The second-order valence-corrected chi connectivity index (χ2v) is 5.48. The van der Waals surface area contributed by atoms with E-state index in [9.17, 15) is 4.39 Å².